The zero-order chi connectivity index (χ0) is 12.2. The Kier molecular flexibility index (Phi) is 4.03. The van der Waals surface area contributed by atoms with Crippen LogP contribution in [-0.2, 0) is 19.1 Å². The van der Waals surface area contributed by atoms with Crippen LogP contribution < -0.4 is 0 Å². The van der Waals surface area contributed by atoms with Crippen LogP contribution in [0, 0.1) is 6.92 Å². The number of aliphatic carboxylic acids is 1. The summed E-state index contributed by atoms with van der Waals surface area (Å²) in [7, 11) is -3.85. The van der Waals surface area contributed by atoms with Gasteiger partial charge in [0.05, 0.1) is 17.9 Å². The van der Waals surface area contributed by atoms with E-state index in [1.807, 2.05) is 0 Å². The number of carboxylic acids is 1. The third-order valence-electron chi connectivity index (χ3n) is 1.92. The molecule has 0 bridgehead atoms. The number of carbonyl (C=O) groups is 1. The molecule has 88 valence electrons. The van der Waals surface area contributed by atoms with Crippen LogP contribution in [0.5, 0.6) is 0 Å². The summed E-state index contributed by atoms with van der Waals surface area (Å²) in [6.07, 6.45) is -0.342. The van der Waals surface area contributed by atoms with Gasteiger partial charge in [0.15, 0.2) is 0 Å². The fourth-order valence-corrected chi connectivity index (χ4v) is 2.28. The average molecular weight is 244 g/mol. The van der Waals surface area contributed by atoms with Crippen LogP contribution in [0.15, 0.2) is 29.2 Å². The summed E-state index contributed by atoms with van der Waals surface area (Å²) < 4.78 is 27.8. The zero-order valence-corrected chi connectivity index (χ0v) is 9.53. The fourth-order valence-electron chi connectivity index (χ4n) is 1.14. The molecule has 1 rings (SSSR count). The number of hydrogen-bond acceptors (Lipinski definition) is 4. The second kappa shape index (κ2) is 5.09. The average Bonchev–Trinajstić information content (AvgIpc) is 2.17. The molecule has 0 spiro atoms. The van der Waals surface area contributed by atoms with Gasteiger partial charge in [-0.25, -0.2) is 0 Å². The van der Waals surface area contributed by atoms with Gasteiger partial charge in [-0.15, -0.1) is 0 Å². The van der Waals surface area contributed by atoms with Crippen LogP contribution in [-0.4, -0.2) is 26.1 Å². The molecule has 0 fully saturated rings. The van der Waals surface area contributed by atoms with Gasteiger partial charge in [0.25, 0.3) is 10.1 Å². The van der Waals surface area contributed by atoms with Crippen LogP contribution in [0.4, 0.5) is 0 Å². The molecule has 0 radical (unpaired) electrons. The lowest BCUT2D eigenvalue weighted by molar-refractivity contribution is -0.137. The molecule has 0 aliphatic carbocycles. The van der Waals surface area contributed by atoms with Crippen molar-refractivity contribution in [1.82, 2.24) is 0 Å². The first-order valence-corrected chi connectivity index (χ1v) is 6.01. The third-order valence-corrected chi connectivity index (χ3v) is 3.39. The second-order valence-electron chi connectivity index (χ2n) is 3.19. The Balaban J connectivity index is 2.79. The molecule has 0 unspecified atom stereocenters. The lowest BCUT2D eigenvalue weighted by Crippen LogP contribution is -2.11. The van der Waals surface area contributed by atoms with Crippen LogP contribution >= 0.6 is 0 Å². The highest BCUT2D eigenvalue weighted by Crippen LogP contribution is 2.16. The van der Waals surface area contributed by atoms with Crippen LogP contribution in [0.3, 0.4) is 0 Å². The fraction of sp³-hybridized carbons (Fsp3) is 0.300. The van der Waals surface area contributed by atoms with E-state index in [-0.39, 0.29) is 17.9 Å². The summed E-state index contributed by atoms with van der Waals surface area (Å²) in [5, 5.41) is 8.36. The van der Waals surface area contributed by atoms with E-state index in [1.165, 1.54) is 6.07 Å². The highest BCUT2D eigenvalue weighted by atomic mass is 32.2. The monoisotopic (exact) mass is 244 g/mol. The van der Waals surface area contributed by atoms with Gasteiger partial charge in [0.2, 0.25) is 0 Å². The first-order chi connectivity index (χ1) is 7.43. The Bertz CT molecular complexity index is 478. The summed E-state index contributed by atoms with van der Waals surface area (Å²) >= 11 is 0. The van der Waals surface area contributed by atoms with Gasteiger partial charge in [-0.2, -0.15) is 8.42 Å². The van der Waals surface area contributed by atoms with E-state index in [0.717, 1.165) is 0 Å². The van der Waals surface area contributed by atoms with Gasteiger partial charge in [0.1, 0.15) is 0 Å². The number of benzene rings is 1. The predicted molar refractivity (Wildman–Crippen MR) is 56.6 cm³/mol. The van der Waals surface area contributed by atoms with E-state index in [0.29, 0.717) is 5.56 Å². The summed E-state index contributed by atoms with van der Waals surface area (Å²) in [6.45, 7) is 1.29. The summed E-state index contributed by atoms with van der Waals surface area (Å²) in [4.78, 5) is 10.3. The Hall–Kier alpha value is -1.40. The molecule has 5 nitrogen and oxygen atoms in total. The molecule has 1 aromatic carbocycles. The molecule has 0 amide bonds. The maximum absolute atomic E-state index is 11.6. The van der Waals surface area contributed by atoms with E-state index in [4.69, 9.17) is 5.11 Å². The van der Waals surface area contributed by atoms with Gasteiger partial charge in [-0.1, -0.05) is 18.2 Å². The molecule has 1 aromatic rings. The third kappa shape index (κ3) is 3.32. The number of rotatable bonds is 5. The smallest absolute Gasteiger partial charge is 0.305 e. The minimum Gasteiger partial charge on any atom is -0.481 e. The van der Waals surface area contributed by atoms with E-state index in [2.05, 4.69) is 4.18 Å². The largest absolute Gasteiger partial charge is 0.481 e. The molecule has 0 saturated heterocycles. The Morgan fingerprint density at radius 2 is 2.00 bits per heavy atom. The number of hydrogen-bond donors (Lipinski definition) is 1. The van der Waals surface area contributed by atoms with Crippen molar-refractivity contribution in [1.29, 1.82) is 0 Å². The molecule has 0 aliphatic heterocycles. The van der Waals surface area contributed by atoms with Crippen molar-refractivity contribution in [3.63, 3.8) is 0 Å². The van der Waals surface area contributed by atoms with Gasteiger partial charge in [-0.05, 0) is 18.6 Å². The van der Waals surface area contributed by atoms with Gasteiger partial charge < -0.3 is 5.11 Å². The summed E-state index contributed by atoms with van der Waals surface area (Å²) in [5.41, 5.74) is 0.567. The van der Waals surface area contributed by atoms with Crippen molar-refractivity contribution in [2.45, 2.75) is 18.2 Å². The SMILES string of the molecule is Cc1ccccc1S(=O)(=O)OCCC(=O)O. The topological polar surface area (TPSA) is 80.7 Å². The lowest BCUT2D eigenvalue weighted by Gasteiger charge is -2.06. The minimum atomic E-state index is -3.85. The molecule has 0 atom stereocenters. The second-order valence-corrected chi connectivity index (χ2v) is 4.77. The predicted octanol–water partition coefficient (Wildman–Crippen LogP) is 1.18. The first-order valence-electron chi connectivity index (χ1n) is 4.60. The van der Waals surface area contributed by atoms with Gasteiger partial charge in [0, 0.05) is 0 Å². The molecule has 0 aromatic heterocycles. The first kappa shape index (κ1) is 12.7. The van der Waals surface area contributed by atoms with Crippen molar-refractivity contribution in [2.75, 3.05) is 6.61 Å². The van der Waals surface area contributed by atoms with E-state index in [1.54, 1.807) is 25.1 Å². The summed E-state index contributed by atoms with van der Waals surface area (Å²) in [6, 6.07) is 6.37. The maximum atomic E-state index is 11.6. The van der Waals surface area contributed by atoms with E-state index < -0.39 is 16.1 Å². The Morgan fingerprint density at radius 1 is 1.38 bits per heavy atom. The zero-order valence-electron chi connectivity index (χ0n) is 8.71. The van der Waals surface area contributed by atoms with Crippen molar-refractivity contribution >= 4 is 16.1 Å². The molecule has 6 heteroatoms. The van der Waals surface area contributed by atoms with Crippen molar-refractivity contribution in [3.05, 3.63) is 29.8 Å². The summed E-state index contributed by atoms with van der Waals surface area (Å²) in [5.74, 6) is -1.10. The lowest BCUT2D eigenvalue weighted by atomic mass is 10.2. The van der Waals surface area contributed by atoms with Crippen molar-refractivity contribution in [3.8, 4) is 0 Å². The maximum Gasteiger partial charge on any atom is 0.305 e. The normalized spacial score (nSPS) is 11.3. The van der Waals surface area contributed by atoms with E-state index in [9.17, 15) is 13.2 Å². The number of carboxylic acid groups (broad SMARTS) is 1. The van der Waals surface area contributed by atoms with Crippen molar-refractivity contribution in [2.24, 2.45) is 0 Å². The quantitative estimate of drug-likeness (QED) is 0.786. The molecule has 0 heterocycles. The Labute approximate surface area is 93.8 Å². The highest BCUT2D eigenvalue weighted by Gasteiger charge is 2.17. The molecular weight excluding hydrogens is 232 g/mol. The molecule has 0 saturated carbocycles. The van der Waals surface area contributed by atoms with Crippen LogP contribution in [0.1, 0.15) is 12.0 Å². The molecule has 16 heavy (non-hydrogen) atoms. The highest BCUT2D eigenvalue weighted by molar-refractivity contribution is 7.86. The van der Waals surface area contributed by atoms with Crippen molar-refractivity contribution < 1.29 is 22.5 Å². The van der Waals surface area contributed by atoms with Crippen LogP contribution in [0.25, 0.3) is 0 Å². The Morgan fingerprint density at radius 3 is 2.56 bits per heavy atom. The van der Waals surface area contributed by atoms with E-state index >= 15 is 0 Å². The standard InChI is InChI=1S/C10H12O5S/c1-8-4-2-3-5-9(8)16(13,14)15-7-6-10(11)12/h2-5H,6-7H2,1H3,(H,11,12). The van der Waals surface area contributed by atoms with Gasteiger partial charge in [-0.3, -0.25) is 8.98 Å². The molecule has 0 aliphatic rings. The minimum absolute atomic E-state index is 0.0698. The molecule has 1 N–H and O–H groups in total. The van der Waals surface area contributed by atoms with Crippen LogP contribution in [0.2, 0.25) is 0 Å². The van der Waals surface area contributed by atoms with Gasteiger partial charge >= 0.3 is 5.97 Å². The number of aryl methyl sites for hydroxylation is 1. The molecular formula is C10H12O5S.